The van der Waals surface area contributed by atoms with Gasteiger partial charge in [0.1, 0.15) is 12.8 Å². The van der Waals surface area contributed by atoms with Gasteiger partial charge in [-0.25, -0.2) is 9.37 Å². The molecule has 1 aliphatic heterocycles. The number of likely N-dealkylation sites (tertiary alicyclic amines) is 1. The number of nitrogens with one attached hydrogen (secondary N) is 1. The molecule has 0 bridgehead atoms. The molecule has 2 amide bonds. The molecule has 1 atom stereocenters. The number of carbonyl (C=O) groups is 2. The number of hydrogen-bond acceptors (Lipinski definition) is 5. The molecule has 3 heterocycles. The van der Waals surface area contributed by atoms with E-state index in [1.54, 1.807) is 24.4 Å². The summed E-state index contributed by atoms with van der Waals surface area (Å²) in [4.78, 5) is 31.5. The number of aryl methyl sites for hydroxylation is 1. The first-order chi connectivity index (χ1) is 18.9. The normalized spacial score (nSPS) is 17.8. The van der Waals surface area contributed by atoms with Gasteiger partial charge in [-0.3, -0.25) is 14.3 Å². The van der Waals surface area contributed by atoms with Crippen molar-refractivity contribution in [3.05, 3.63) is 76.6 Å². The third-order valence-electron chi connectivity index (χ3n) is 7.26. The Bertz CT molecular complexity index is 1410. The lowest BCUT2D eigenvalue weighted by Crippen LogP contribution is -2.40. The quantitative estimate of drug-likeness (QED) is 0.440. The molecule has 1 aliphatic carbocycles. The van der Waals surface area contributed by atoms with Gasteiger partial charge in [0.2, 0.25) is 5.88 Å². The van der Waals surface area contributed by atoms with Crippen LogP contribution in [0, 0.1) is 12.8 Å². The molecule has 8 nitrogen and oxygen atoms in total. The first-order valence-electron chi connectivity index (χ1n) is 13.2. The summed E-state index contributed by atoms with van der Waals surface area (Å²) >= 11 is 5.87. The summed E-state index contributed by atoms with van der Waals surface area (Å²) in [5, 5.41) is 8.76. The zero-order valence-corrected chi connectivity index (χ0v) is 22.5. The predicted octanol–water partition coefficient (Wildman–Crippen LogP) is 4.66. The summed E-state index contributed by atoms with van der Waals surface area (Å²) in [7, 11) is 0. The maximum atomic E-state index is 13.1. The number of piperidine rings is 1. The van der Waals surface area contributed by atoms with E-state index in [0.29, 0.717) is 47.5 Å². The number of hydrogen-bond donors (Lipinski definition) is 1. The highest BCUT2D eigenvalue weighted by atomic mass is 35.5. The van der Waals surface area contributed by atoms with Crippen LogP contribution in [0.25, 0.3) is 10.9 Å². The largest absolute Gasteiger partial charge is 0.470 e. The van der Waals surface area contributed by atoms with Crippen LogP contribution in [0.2, 0.25) is 5.02 Å². The Morgan fingerprint density at radius 1 is 1.21 bits per heavy atom. The van der Waals surface area contributed by atoms with Gasteiger partial charge in [-0.15, -0.1) is 0 Å². The van der Waals surface area contributed by atoms with Gasteiger partial charge in [-0.1, -0.05) is 23.8 Å². The Labute approximate surface area is 231 Å². The summed E-state index contributed by atoms with van der Waals surface area (Å²) in [6.45, 7) is 3.44. The minimum absolute atomic E-state index is 0.00131. The number of ether oxygens (including phenoxy) is 1. The highest BCUT2D eigenvalue weighted by Gasteiger charge is 2.26. The summed E-state index contributed by atoms with van der Waals surface area (Å²) in [5.74, 6) is 0.670. The molecule has 1 unspecified atom stereocenters. The summed E-state index contributed by atoms with van der Waals surface area (Å²) in [6.07, 6.45) is 11.4. The third-order valence-corrected chi connectivity index (χ3v) is 7.48. The lowest BCUT2D eigenvalue weighted by molar-refractivity contribution is -0.128. The van der Waals surface area contributed by atoms with Gasteiger partial charge in [0.25, 0.3) is 11.8 Å². The van der Waals surface area contributed by atoms with Crippen LogP contribution in [0.3, 0.4) is 0 Å². The van der Waals surface area contributed by atoms with Gasteiger partial charge in [0, 0.05) is 67.6 Å². The van der Waals surface area contributed by atoms with E-state index in [2.05, 4.69) is 10.3 Å². The van der Waals surface area contributed by atoms with Crippen LogP contribution in [0.4, 0.5) is 4.39 Å². The van der Waals surface area contributed by atoms with Crippen molar-refractivity contribution in [2.45, 2.75) is 38.8 Å². The molecule has 3 aromatic rings. The van der Waals surface area contributed by atoms with Crippen molar-refractivity contribution in [2.24, 2.45) is 5.92 Å². The van der Waals surface area contributed by atoms with Gasteiger partial charge in [-0.2, -0.15) is 5.10 Å². The molecule has 5 rings (SSSR count). The molecule has 10 heteroatoms. The van der Waals surface area contributed by atoms with Gasteiger partial charge in [0.15, 0.2) is 0 Å². The van der Waals surface area contributed by atoms with Crippen LogP contribution < -0.4 is 10.1 Å². The SMILES string of the molecule is Cc1c(C(=O)NCCF)ccc2nn(CC3CCN(C(=O)C4=CCC(Oc5ccc(Cl)cn5)C=C4)CC3)cc12. The number of alkyl halides is 1. The van der Waals surface area contributed by atoms with Crippen LogP contribution in [-0.2, 0) is 11.3 Å². The lowest BCUT2D eigenvalue weighted by atomic mass is 9.95. The van der Waals surface area contributed by atoms with Crippen molar-refractivity contribution in [3.63, 3.8) is 0 Å². The topological polar surface area (TPSA) is 89.4 Å². The monoisotopic (exact) mass is 551 g/mol. The zero-order chi connectivity index (χ0) is 27.4. The van der Waals surface area contributed by atoms with Gasteiger partial charge >= 0.3 is 0 Å². The van der Waals surface area contributed by atoms with E-state index in [4.69, 9.17) is 21.4 Å². The molecule has 2 aliphatic rings. The number of aromatic nitrogens is 3. The third kappa shape index (κ3) is 6.30. The maximum absolute atomic E-state index is 13.1. The van der Waals surface area contributed by atoms with Crippen LogP contribution in [-0.4, -0.2) is 63.9 Å². The number of benzene rings is 1. The number of halogens is 2. The molecular formula is C29H31ClFN5O3. The number of nitrogens with zero attached hydrogens (tertiary/aromatic N) is 4. The van der Waals surface area contributed by atoms with E-state index in [1.165, 1.54) is 0 Å². The molecule has 1 fully saturated rings. The predicted molar refractivity (Wildman–Crippen MR) is 148 cm³/mol. The Balaban J connectivity index is 1.13. The van der Waals surface area contributed by atoms with Crippen molar-refractivity contribution in [1.29, 1.82) is 0 Å². The highest BCUT2D eigenvalue weighted by molar-refractivity contribution is 6.30. The Morgan fingerprint density at radius 2 is 2.03 bits per heavy atom. The first kappa shape index (κ1) is 26.9. The average molecular weight is 552 g/mol. The van der Waals surface area contributed by atoms with Crippen molar-refractivity contribution in [2.75, 3.05) is 26.3 Å². The van der Waals surface area contributed by atoms with Gasteiger partial charge < -0.3 is 15.0 Å². The Kier molecular flexibility index (Phi) is 8.26. The van der Waals surface area contributed by atoms with Gasteiger partial charge in [-0.05, 0) is 55.5 Å². The fourth-order valence-electron chi connectivity index (χ4n) is 5.08. The zero-order valence-electron chi connectivity index (χ0n) is 21.8. The second-order valence-corrected chi connectivity index (χ2v) is 10.4. The molecule has 0 spiro atoms. The van der Waals surface area contributed by atoms with Gasteiger partial charge in [0.05, 0.1) is 10.5 Å². The fourth-order valence-corrected chi connectivity index (χ4v) is 5.19. The molecule has 0 saturated carbocycles. The smallest absolute Gasteiger partial charge is 0.253 e. The minimum Gasteiger partial charge on any atom is -0.470 e. The summed E-state index contributed by atoms with van der Waals surface area (Å²) in [6, 6.07) is 7.03. The minimum atomic E-state index is -0.595. The molecule has 1 aromatic carbocycles. The van der Waals surface area contributed by atoms with Crippen LogP contribution in [0.1, 0.15) is 35.2 Å². The average Bonchev–Trinajstić information content (AvgIpc) is 3.37. The molecule has 0 radical (unpaired) electrons. The molecule has 1 saturated heterocycles. The molecule has 39 heavy (non-hydrogen) atoms. The maximum Gasteiger partial charge on any atom is 0.253 e. The standard InChI is InChI=1S/C29H31ClFN5O3/c1-19-24(28(37)32-13-12-31)7-8-26-25(19)18-36(34-26)17-20-10-14-35(15-11-20)29(38)21-2-5-23(6-3-21)39-27-9-4-22(30)16-33-27/h2-5,7-9,16,18,20,23H,6,10-15,17H2,1H3,(H,32,37). The van der Waals surface area contributed by atoms with Crippen LogP contribution in [0.5, 0.6) is 5.88 Å². The van der Waals surface area contributed by atoms with Crippen molar-refractivity contribution in [3.8, 4) is 5.88 Å². The molecule has 2 aromatic heterocycles. The van der Waals surface area contributed by atoms with Crippen LogP contribution >= 0.6 is 11.6 Å². The van der Waals surface area contributed by atoms with E-state index in [0.717, 1.165) is 35.9 Å². The van der Waals surface area contributed by atoms with E-state index < -0.39 is 6.67 Å². The van der Waals surface area contributed by atoms with Crippen molar-refractivity contribution < 1.29 is 18.7 Å². The first-order valence-corrected chi connectivity index (χ1v) is 13.6. The number of carbonyl (C=O) groups excluding carboxylic acids is 2. The van der Waals surface area contributed by atoms with Crippen molar-refractivity contribution in [1.82, 2.24) is 25.0 Å². The Hall–Kier alpha value is -3.72. The number of pyridine rings is 1. The molecule has 1 N–H and O–H groups in total. The molecule has 204 valence electrons. The Morgan fingerprint density at radius 3 is 2.72 bits per heavy atom. The number of fused-ring (bicyclic) bond motifs is 1. The lowest BCUT2D eigenvalue weighted by Gasteiger charge is -2.32. The van der Waals surface area contributed by atoms with Crippen molar-refractivity contribution >= 4 is 34.3 Å². The van der Waals surface area contributed by atoms with E-state index in [9.17, 15) is 14.0 Å². The summed E-state index contributed by atoms with van der Waals surface area (Å²) in [5.41, 5.74) is 2.89. The number of rotatable bonds is 8. The molecular weight excluding hydrogens is 521 g/mol. The van der Waals surface area contributed by atoms with E-state index in [-0.39, 0.29) is 24.5 Å². The highest BCUT2D eigenvalue weighted by Crippen LogP contribution is 2.26. The van der Waals surface area contributed by atoms with E-state index in [1.807, 2.05) is 47.0 Å². The van der Waals surface area contributed by atoms with Crippen LogP contribution in [0.15, 0.2) is 60.5 Å². The fraction of sp³-hybridized carbons (Fsp3) is 0.379. The summed E-state index contributed by atoms with van der Waals surface area (Å²) < 4.78 is 20.2. The second-order valence-electron chi connectivity index (χ2n) is 9.93. The van der Waals surface area contributed by atoms with E-state index >= 15 is 0 Å². The second kappa shape index (κ2) is 12.0. The number of amides is 2.